The van der Waals surface area contributed by atoms with Gasteiger partial charge in [0.1, 0.15) is 0 Å². The fraction of sp³-hybridized carbons (Fsp3) is 1.00. The summed E-state index contributed by atoms with van der Waals surface area (Å²) in [4.78, 5) is 0. The van der Waals surface area contributed by atoms with Gasteiger partial charge in [0.25, 0.3) is 0 Å². The van der Waals surface area contributed by atoms with Crippen LogP contribution in [0.4, 0.5) is 0 Å². The molecule has 0 heterocycles. The van der Waals surface area contributed by atoms with Crippen LogP contribution in [0.5, 0.6) is 0 Å². The third-order valence-corrected chi connectivity index (χ3v) is 2.65. The summed E-state index contributed by atoms with van der Waals surface area (Å²) < 4.78 is 0. The van der Waals surface area contributed by atoms with Crippen molar-refractivity contribution in [3.05, 3.63) is 0 Å². The lowest BCUT2D eigenvalue weighted by atomic mass is 10.3. The zero-order chi connectivity index (χ0) is 6.04. The monoisotopic (exact) mass is 131 g/mol. The summed E-state index contributed by atoms with van der Waals surface area (Å²) >= 11 is 1.93. The van der Waals surface area contributed by atoms with Crippen molar-refractivity contribution < 1.29 is 0 Å². The molecule has 1 N–H and O–H groups in total. The first-order chi connectivity index (χ1) is 3.83. The van der Waals surface area contributed by atoms with Crippen molar-refractivity contribution in [3.63, 3.8) is 0 Å². The Morgan fingerprint density at radius 1 is 1.62 bits per heavy atom. The van der Waals surface area contributed by atoms with Crippen LogP contribution in [-0.2, 0) is 0 Å². The predicted molar refractivity (Wildman–Crippen MR) is 39.4 cm³/mol. The van der Waals surface area contributed by atoms with Crippen LogP contribution < -0.4 is 5.32 Å². The van der Waals surface area contributed by atoms with E-state index in [1.54, 1.807) is 0 Å². The molecule has 0 aromatic carbocycles. The van der Waals surface area contributed by atoms with E-state index in [0.717, 1.165) is 0 Å². The van der Waals surface area contributed by atoms with Crippen LogP contribution in [0.3, 0.4) is 0 Å². The zero-order valence-corrected chi connectivity index (χ0v) is 6.35. The number of hydrogen-bond donors (Lipinski definition) is 1. The maximum Gasteiger partial charge on any atom is 0.0270 e. The van der Waals surface area contributed by atoms with Crippen molar-refractivity contribution in [2.24, 2.45) is 0 Å². The van der Waals surface area contributed by atoms with E-state index in [1.165, 1.54) is 18.6 Å². The minimum atomic E-state index is 0.555. The lowest BCUT2D eigenvalue weighted by molar-refractivity contribution is 0.617. The molecule has 1 nitrogen and oxygen atoms in total. The van der Waals surface area contributed by atoms with Crippen molar-refractivity contribution >= 4 is 11.8 Å². The predicted octanol–water partition coefficient (Wildman–Crippen LogP) is 1.10. The number of nitrogens with one attached hydrogen (secondary N) is 1. The Hall–Kier alpha value is 0.310. The van der Waals surface area contributed by atoms with Crippen molar-refractivity contribution in [1.29, 1.82) is 0 Å². The Morgan fingerprint density at radius 2 is 2.25 bits per heavy atom. The Labute approximate surface area is 55.2 Å². The fourth-order valence-corrected chi connectivity index (χ4v) is 1.88. The molecule has 1 rings (SSSR count). The van der Waals surface area contributed by atoms with E-state index in [0.29, 0.717) is 5.54 Å². The van der Waals surface area contributed by atoms with E-state index in [1.807, 2.05) is 11.8 Å². The van der Waals surface area contributed by atoms with Gasteiger partial charge in [0.05, 0.1) is 0 Å². The lowest BCUT2D eigenvalue weighted by Crippen LogP contribution is -2.29. The molecule has 1 saturated carbocycles. The summed E-state index contributed by atoms with van der Waals surface area (Å²) in [5.41, 5.74) is 0.555. The molecule has 8 heavy (non-hydrogen) atoms. The summed E-state index contributed by atoms with van der Waals surface area (Å²) in [7, 11) is 2.06. The van der Waals surface area contributed by atoms with Gasteiger partial charge in [-0.05, 0) is 26.1 Å². The van der Waals surface area contributed by atoms with Crippen LogP contribution in [0, 0.1) is 0 Å². The molecule has 0 amide bonds. The van der Waals surface area contributed by atoms with E-state index in [4.69, 9.17) is 0 Å². The van der Waals surface area contributed by atoms with Crippen LogP contribution in [0.1, 0.15) is 12.8 Å². The summed E-state index contributed by atoms with van der Waals surface area (Å²) in [6, 6.07) is 0. The first-order valence-electron chi connectivity index (χ1n) is 3.01. The maximum atomic E-state index is 3.33. The van der Waals surface area contributed by atoms with Gasteiger partial charge in [-0.2, -0.15) is 11.8 Å². The third kappa shape index (κ3) is 1.17. The molecular weight excluding hydrogens is 118 g/mol. The number of rotatable bonds is 3. The largest absolute Gasteiger partial charge is 0.313 e. The Morgan fingerprint density at radius 3 is 2.38 bits per heavy atom. The average Bonchev–Trinajstić information content (AvgIpc) is 2.50. The summed E-state index contributed by atoms with van der Waals surface area (Å²) in [5, 5.41) is 3.33. The van der Waals surface area contributed by atoms with Crippen molar-refractivity contribution in [2.75, 3.05) is 19.1 Å². The van der Waals surface area contributed by atoms with Gasteiger partial charge in [0.2, 0.25) is 0 Å². The van der Waals surface area contributed by atoms with E-state index in [-0.39, 0.29) is 0 Å². The first kappa shape index (κ1) is 6.43. The van der Waals surface area contributed by atoms with Gasteiger partial charge in [0.15, 0.2) is 0 Å². The van der Waals surface area contributed by atoms with Gasteiger partial charge in [-0.1, -0.05) is 0 Å². The smallest absolute Gasteiger partial charge is 0.0270 e. The highest BCUT2D eigenvalue weighted by Crippen LogP contribution is 2.36. The van der Waals surface area contributed by atoms with Crippen LogP contribution in [0.2, 0.25) is 0 Å². The van der Waals surface area contributed by atoms with Gasteiger partial charge < -0.3 is 5.32 Å². The highest BCUT2D eigenvalue weighted by molar-refractivity contribution is 7.98. The Kier molecular flexibility index (Phi) is 1.83. The molecule has 0 spiro atoms. The molecule has 1 aliphatic carbocycles. The summed E-state index contributed by atoms with van der Waals surface area (Å²) in [5.74, 6) is 1.28. The maximum absolute atomic E-state index is 3.33. The SMILES string of the molecule is CNC1(CSC)CC1. The molecule has 0 unspecified atom stereocenters. The molecule has 0 aromatic rings. The summed E-state index contributed by atoms with van der Waals surface area (Å²) in [6.45, 7) is 0. The van der Waals surface area contributed by atoms with Gasteiger partial charge in [-0.15, -0.1) is 0 Å². The van der Waals surface area contributed by atoms with E-state index < -0.39 is 0 Å². The Bertz CT molecular complexity index is 78.6. The van der Waals surface area contributed by atoms with E-state index in [9.17, 15) is 0 Å². The van der Waals surface area contributed by atoms with Gasteiger partial charge in [0, 0.05) is 11.3 Å². The van der Waals surface area contributed by atoms with Crippen molar-refractivity contribution in [3.8, 4) is 0 Å². The van der Waals surface area contributed by atoms with E-state index >= 15 is 0 Å². The molecule has 1 aliphatic rings. The zero-order valence-electron chi connectivity index (χ0n) is 5.53. The van der Waals surface area contributed by atoms with Crippen LogP contribution >= 0.6 is 11.8 Å². The Balaban J connectivity index is 2.20. The number of thioether (sulfide) groups is 1. The minimum Gasteiger partial charge on any atom is -0.313 e. The lowest BCUT2D eigenvalue weighted by Gasteiger charge is -2.10. The molecule has 0 saturated heterocycles. The van der Waals surface area contributed by atoms with Crippen LogP contribution in [0.15, 0.2) is 0 Å². The second-order valence-corrected chi connectivity index (χ2v) is 3.33. The molecule has 0 aliphatic heterocycles. The molecule has 0 atom stereocenters. The second-order valence-electron chi connectivity index (χ2n) is 2.46. The topological polar surface area (TPSA) is 12.0 Å². The fourth-order valence-electron chi connectivity index (χ4n) is 0.894. The summed E-state index contributed by atoms with van der Waals surface area (Å²) in [6.07, 6.45) is 4.92. The van der Waals surface area contributed by atoms with E-state index in [2.05, 4.69) is 18.6 Å². The quantitative estimate of drug-likeness (QED) is 0.615. The van der Waals surface area contributed by atoms with Gasteiger partial charge in [-0.25, -0.2) is 0 Å². The third-order valence-electron chi connectivity index (χ3n) is 1.80. The first-order valence-corrected chi connectivity index (χ1v) is 4.40. The molecule has 0 radical (unpaired) electrons. The standard InChI is InChI=1S/C6H13NS/c1-7-6(3-4-6)5-8-2/h7H,3-5H2,1-2H3. The average molecular weight is 131 g/mol. The second kappa shape index (κ2) is 2.28. The highest BCUT2D eigenvalue weighted by atomic mass is 32.2. The van der Waals surface area contributed by atoms with Crippen molar-refractivity contribution in [1.82, 2.24) is 5.32 Å². The molecular formula is C6H13NS. The molecule has 2 heteroatoms. The van der Waals surface area contributed by atoms with Gasteiger partial charge >= 0.3 is 0 Å². The minimum absolute atomic E-state index is 0.555. The molecule has 0 bridgehead atoms. The molecule has 0 aromatic heterocycles. The van der Waals surface area contributed by atoms with Crippen molar-refractivity contribution in [2.45, 2.75) is 18.4 Å². The van der Waals surface area contributed by atoms with Crippen LogP contribution in [-0.4, -0.2) is 24.6 Å². The normalized spacial score (nSPS) is 23.2. The molecule has 1 fully saturated rings. The highest BCUT2D eigenvalue weighted by Gasteiger charge is 2.39. The number of hydrogen-bond acceptors (Lipinski definition) is 2. The molecule has 48 valence electrons. The van der Waals surface area contributed by atoms with Crippen LogP contribution in [0.25, 0.3) is 0 Å². The van der Waals surface area contributed by atoms with Gasteiger partial charge in [-0.3, -0.25) is 0 Å².